The summed E-state index contributed by atoms with van der Waals surface area (Å²) >= 11 is 12.2. The molecule has 0 aliphatic rings. The minimum atomic E-state index is 0.519. The van der Waals surface area contributed by atoms with E-state index in [1.165, 1.54) is 37.7 Å². The van der Waals surface area contributed by atoms with Gasteiger partial charge in [0.15, 0.2) is 0 Å². The minimum Gasteiger partial charge on any atom is -0.314 e. The van der Waals surface area contributed by atoms with Gasteiger partial charge in [-0.15, -0.1) is 0 Å². The zero-order valence-electron chi connectivity index (χ0n) is 12.0. The summed E-state index contributed by atoms with van der Waals surface area (Å²) in [5.41, 5.74) is 1.19. The lowest BCUT2D eigenvalue weighted by atomic mass is 10.00. The van der Waals surface area contributed by atoms with Crippen molar-refractivity contribution in [3.8, 4) is 0 Å². The standard InChI is InChI=1S/C16H25Cl2N/c1-3-5-6-7-15(19-10-4-2)11-13-8-9-14(17)12-16(13)18/h8-9,12,15,19H,3-7,10-11H2,1-2H3. The number of hydrogen-bond acceptors (Lipinski definition) is 1. The monoisotopic (exact) mass is 301 g/mol. The Morgan fingerprint density at radius 2 is 1.89 bits per heavy atom. The third kappa shape index (κ3) is 6.65. The van der Waals surface area contributed by atoms with Gasteiger partial charge in [0.05, 0.1) is 0 Å². The van der Waals surface area contributed by atoms with E-state index in [9.17, 15) is 0 Å². The predicted molar refractivity (Wildman–Crippen MR) is 86.4 cm³/mol. The number of rotatable bonds is 9. The Morgan fingerprint density at radius 3 is 2.53 bits per heavy atom. The van der Waals surface area contributed by atoms with E-state index in [0.29, 0.717) is 11.1 Å². The highest BCUT2D eigenvalue weighted by atomic mass is 35.5. The smallest absolute Gasteiger partial charge is 0.0453 e. The molecule has 0 saturated carbocycles. The highest BCUT2D eigenvalue weighted by Crippen LogP contribution is 2.23. The van der Waals surface area contributed by atoms with E-state index in [-0.39, 0.29) is 0 Å². The lowest BCUT2D eigenvalue weighted by Gasteiger charge is -2.19. The number of nitrogens with one attached hydrogen (secondary N) is 1. The lowest BCUT2D eigenvalue weighted by Crippen LogP contribution is -2.31. The number of hydrogen-bond donors (Lipinski definition) is 1. The molecule has 0 aromatic heterocycles. The van der Waals surface area contributed by atoms with Crippen LogP contribution in [-0.2, 0) is 6.42 Å². The van der Waals surface area contributed by atoms with Crippen molar-refractivity contribution in [1.82, 2.24) is 5.32 Å². The van der Waals surface area contributed by atoms with E-state index in [0.717, 1.165) is 18.0 Å². The summed E-state index contributed by atoms with van der Waals surface area (Å²) in [6.45, 7) is 5.51. The number of benzene rings is 1. The molecule has 1 aromatic rings. The first-order chi connectivity index (χ1) is 9.17. The van der Waals surface area contributed by atoms with Crippen LogP contribution in [0.2, 0.25) is 10.0 Å². The number of halogens is 2. The summed E-state index contributed by atoms with van der Waals surface area (Å²) in [5.74, 6) is 0. The van der Waals surface area contributed by atoms with Crippen LogP contribution in [0.3, 0.4) is 0 Å². The van der Waals surface area contributed by atoms with Gasteiger partial charge < -0.3 is 5.32 Å². The van der Waals surface area contributed by atoms with Crippen molar-refractivity contribution in [2.75, 3.05) is 6.54 Å². The SMILES string of the molecule is CCCCCC(Cc1ccc(Cl)cc1Cl)NCCC. The molecule has 1 aromatic carbocycles. The molecule has 0 aliphatic heterocycles. The maximum absolute atomic E-state index is 6.26. The topological polar surface area (TPSA) is 12.0 Å². The van der Waals surface area contributed by atoms with E-state index in [1.54, 1.807) is 0 Å². The molecule has 0 radical (unpaired) electrons. The third-order valence-electron chi connectivity index (χ3n) is 3.32. The minimum absolute atomic E-state index is 0.519. The Bertz CT molecular complexity index is 366. The number of unbranched alkanes of at least 4 members (excludes halogenated alkanes) is 2. The molecule has 19 heavy (non-hydrogen) atoms. The van der Waals surface area contributed by atoms with Gasteiger partial charge in [-0.25, -0.2) is 0 Å². The molecule has 3 heteroatoms. The van der Waals surface area contributed by atoms with Crippen LogP contribution in [-0.4, -0.2) is 12.6 Å². The molecule has 1 rings (SSSR count). The average molecular weight is 302 g/mol. The maximum Gasteiger partial charge on any atom is 0.0453 e. The van der Waals surface area contributed by atoms with Gasteiger partial charge in [0.25, 0.3) is 0 Å². The van der Waals surface area contributed by atoms with Gasteiger partial charge in [-0.2, -0.15) is 0 Å². The largest absolute Gasteiger partial charge is 0.314 e. The molecule has 108 valence electrons. The van der Waals surface area contributed by atoms with Crippen molar-refractivity contribution in [1.29, 1.82) is 0 Å². The van der Waals surface area contributed by atoms with Gasteiger partial charge in [0, 0.05) is 16.1 Å². The van der Waals surface area contributed by atoms with Gasteiger partial charge in [0.2, 0.25) is 0 Å². The molecule has 0 heterocycles. The Kier molecular flexibility index (Phi) is 8.52. The van der Waals surface area contributed by atoms with E-state index in [4.69, 9.17) is 23.2 Å². The molecular formula is C16H25Cl2N. The van der Waals surface area contributed by atoms with Gasteiger partial charge in [-0.3, -0.25) is 0 Å². The second-order valence-electron chi connectivity index (χ2n) is 5.09. The predicted octanol–water partition coefficient (Wildman–Crippen LogP) is 5.48. The first-order valence-corrected chi connectivity index (χ1v) is 8.10. The summed E-state index contributed by atoms with van der Waals surface area (Å²) in [6.07, 6.45) is 7.22. The molecule has 1 atom stereocenters. The normalized spacial score (nSPS) is 12.6. The molecule has 0 fully saturated rings. The van der Waals surface area contributed by atoms with Crippen LogP contribution >= 0.6 is 23.2 Å². The first-order valence-electron chi connectivity index (χ1n) is 7.34. The highest BCUT2D eigenvalue weighted by Gasteiger charge is 2.11. The van der Waals surface area contributed by atoms with Gasteiger partial charge in [0.1, 0.15) is 0 Å². The molecule has 1 unspecified atom stereocenters. The first kappa shape index (κ1) is 16.8. The van der Waals surface area contributed by atoms with Crippen LogP contribution in [0.4, 0.5) is 0 Å². The zero-order chi connectivity index (χ0) is 14.1. The summed E-state index contributed by atoms with van der Waals surface area (Å²) in [4.78, 5) is 0. The maximum atomic E-state index is 6.26. The average Bonchev–Trinajstić information content (AvgIpc) is 2.39. The van der Waals surface area contributed by atoms with Crippen molar-refractivity contribution in [2.45, 2.75) is 58.4 Å². The third-order valence-corrected chi connectivity index (χ3v) is 3.91. The van der Waals surface area contributed by atoms with Crippen LogP contribution < -0.4 is 5.32 Å². The van der Waals surface area contributed by atoms with Crippen LogP contribution in [0.25, 0.3) is 0 Å². The second-order valence-corrected chi connectivity index (χ2v) is 5.93. The van der Waals surface area contributed by atoms with E-state index >= 15 is 0 Å². The van der Waals surface area contributed by atoms with E-state index in [1.807, 2.05) is 18.2 Å². The molecule has 0 saturated heterocycles. The highest BCUT2D eigenvalue weighted by molar-refractivity contribution is 6.35. The molecule has 0 spiro atoms. The summed E-state index contributed by atoms with van der Waals surface area (Å²) < 4.78 is 0. The zero-order valence-corrected chi connectivity index (χ0v) is 13.5. The molecular weight excluding hydrogens is 277 g/mol. The van der Waals surface area contributed by atoms with Crippen molar-refractivity contribution in [3.63, 3.8) is 0 Å². The van der Waals surface area contributed by atoms with Crippen molar-refractivity contribution in [3.05, 3.63) is 33.8 Å². The lowest BCUT2D eigenvalue weighted by molar-refractivity contribution is 0.456. The van der Waals surface area contributed by atoms with Gasteiger partial charge >= 0.3 is 0 Å². The molecule has 0 aliphatic carbocycles. The van der Waals surface area contributed by atoms with E-state index < -0.39 is 0 Å². The van der Waals surface area contributed by atoms with Gasteiger partial charge in [-0.1, -0.05) is 62.4 Å². The Morgan fingerprint density at radius 1 is 1.11 bits per heavy atom. The Hall–Kier alpha value is -0.240. The molecule has 0 amide bonds. The van der Waals surface area contributed by atoms with E-state index in [2.05, 4.69) is 19.2 Å². The summed E-state index contributed by atoms with van der Waals surface area (Å²) in [7, 11) is 0. The van der Waals surface area contributed by atoms with Crippen molar-refractivity contribution in [2.24, 2.45) is 0 Å². The van der Waals surface area contributed by atoms with Gasteiger partial charge in [-0.05, 0) is 43.5 Å². The summed E-state index contributed by atoms with van der Waals surface area (Å²) in [6, 6.07) is 6.32. The summed E-state index contributed by atoms with van der Waals surface area (Å²) in [5, 5.41) is 5.12. The molecule has 1 nitrogen and oxygen atoms in total. The molecule has 1 N–H and O–H groups in total. The Balaban J connectivity index is 2.58. The second kappa shape index (κ2) is 9.63. The van der Waals surface area contributed by atoms with Crippen LogP contribution in [0.15, 0.2) is 18.2 Å². The fourth-order valence-corrected chi connectivity index (χ4v) is 2.70. The molecule has 0 bridgehead atoms. The van der Waals surface area contributed by atoms with Crippen LogP contribution in [0.5, 0.6) is 0 Å². The van der Waals surface area contributed by atoms with Crippen molar-refractivity contribution >= 4 is 23.2 Å². The quantitative estimate of drug-likeness (QED) is 0.595. The van der Waals surface area contributed by atoms with Crippen LogP contribution in [0.1, 0.15) is 51.5 Å². The fourth-order valence-electron chi connectivity index (χ4n) is 2.22. The van der Waals surface area contributed by atoms with Crippen LogP contribution in [0, 0.1) is 0 Å². The fraction of sp³-hybridized carbons (Fsp3) is 0.625. The van der Waals surface area contributed by atoms with Crippen molar-refractivity contribution < 1.29 is 0 Å². The Labute approximate surface area is 127 Å².